The van der Waals surface area contributed by atoms with E-state index in [1.807, 2.05) is 23.0 Å². The van der Waals surface area contributed by atoms with E-state index in [-0.39, 0.29) is 11.9 Å². The van der Waals surface area contributed by atoms with Crippen molar-refractivity contribution in [1.29, 1.82) is 0 Å². The van der Waals surface area contributed by atoms with Crippen LogP contribution < -0.4 is 15.5 Å². The molecule has 1 saturated heterocycles. The van der Waals surface area contributed by atoms with Crippen molar-refractivity contribution >= 4 is 44.2 Å². The predicted octanol–water partition coefficient (Wildman–Crippen LogP) is 3.43. The van der Waals surface area contributed by atoms with Gasteiger partial charge >= 0.3 is 0 Å². The van der Waals surface area contributed by atoms with E-state index in [9.17, 15) is 4.79 Å². The molecular formula is C26H25N7OS. The zero-order chi connectivity index (χ0) is 23.8. The summed E-state index contributed by atoms with van der Waals surface area (Å²) < 4.78 is 3.09. The van der Waals surface area contributed by atoms with E-state index in [0.29, 0.717) is 25.3 Å². The van der Waals surface area contributed by atoms with E-state index in [0.717, 1.165) is 29.0 Å². The highest BCUT2D eigenvalue weighted by Crippen LogP contribution is 2.25. The Balaban J connectivity index is 1.18. The minimum absolute atomic E-state index is 0.0132. The van der Waals surface area contributed by atoms with Gasteiger partial charge in [-0.3, -0.25) is 4.79 Å². The van der Waals surface area contributed by atoms with Crippen molar-refractivity contribution in [1.82, 2.24) is 30.4 Å². The molecule has 1 fully saturated rings. The van der Waals surface area contributed by atoms with Crippen molar-refractivity contribution < 1.29 is 4.79 Å². The van der Waals surface area contributed by atoms with Crippen molar-refractivity contribution in [2.24, 2.45) is 0 Å². The summed E-state index contributed by atoms with van der Waals surface area (Å²) in [6.45, 7) is 4.53. The number of thiophene rings is 1. The summed E-state index contributed by atoms with van der Waals surface area (Å²) in [5.41, 5.74) is 3.90. The molecule has 0 aliphatic carbocycles. The predicted molar refractivity (Wildman–Crippen MR) is 139 cm³/mol. The minimum atomic E-state index is -0.328. The number of rotatable bonds is 5. The number of anilines is 1. The highest BCUT2D eigenvalue weighted by Gasteiger charge is 2.27. The van der Waals surface area contributed by atoms with E-state index < -0.39 is 0 Å². The number of aryl methyl sites for hydroxylation is 1. The molecule has 0 radical (unpaired) electrons. The lowest BCUT2D eigenvalue weighted by Gasteiger charge is -2.33. The summed E-state index contributed by atoms with van der Waals surface area (Å²) >= 11 is 1.72. The molecule has 4 heterocycles. The van der Waals surface area contributed by atoms with Crippen LogP contribution in [-0.2, 0) is 11.3 Å². The SMILES string of the molecule is Cc1ccc(-n2cc3c(N4CCNC(C(=O)NCc5ccc6sccc6c5)C4)ncnc3n2)cc1. The van der Waals surface area contributed by atoms with Crippen LogP contribution in [0, 0.1) is 6.92 Å². The molecule has 5 aromatic rings. The second-order valence-corrected chi connectivity index (χ2v) is 9.75. The third kappa shape index (κ3) is 4.36. The fourth-order valence-corrected chi connectivity index (χ4v) is 5.23. The molecule has 6 rings (SSSR count). The molecule has 1 aliphatic rings. The number of aromatic nitrogens is 4. The number of carbonyl (C=O) groups is 1. The second-order valence-electron chi connectivity index (χ2n) is 8.81. The van der Waals surface area contributed by atoms with Crippen molar-refractivity contribution in [3.8, 4) is 5.69 Å². The van der Waals surface area contributed by atoms with Gasteiger partial charge in [-0.1, -0.05) is 23.8 Å². The number of benzene rings is 2. The Morgan fingerprint density at radius 3 is 2.94 bits per heavy atom. The van der Waals surface area contributed by atoms with E-state index in [4.69, 9.17) is 0 Å². The number of amides is 1. The Morgan fingerprint density at radius 2 is 2.06 bits per heavy atom. The van der Waals surface area contributed by atoms with Crippen LogP contribution in [0.5, 0.6) is 0 Å². The maximum absolute atomic E-state index is 13.0. The molecule has 0 saturated carbocycles. The Kier molecular flexibility index (Phi) is 5.63. The first-order chi connectivity index (χ1) is 17.1. The van der Waals surface area contributed by atoms with Crippen LogP contribution in [0.15, 0.2) is 66.4 Å². The van der Waals surface area contributed by atoms with Crippen molar-refractivity contribution in [3.63, 3.8) is 0 Å². The first-order valence-electron chi connectivity index (χ1n) is 11.6. The smallest absolute Gasteiger partial charge is 0.239 e. The monoisotopic (exact) mass is 483 g/mol. The van der Waals surface area contributed by atoms with Gasteiger partial charge in [0.25, 0.3) is 0 Å². The third-order valence-corrected chi connectivity index (χ3v) is 7.27. The Bertz CT molecular complexity index is 1510. The quantitative estimate of drug-likeness (QED) is 0.398. The summed E-state index contributed by atoms with van der Waals surface area (Å²) in [4.78, 5) is 24.1. The molecule has 9 heteroatoms. The largest absolute Gasteiger partial charge is 0.353 e. The normalized spacial score (nSPS) is 16.1. The van der Waals surface area contributed by atoms with Gasteiger partial charge in [0, 0.05) is 37.1 Å². The van der Waals surface area contributed by atoms with Crippen LogP contribution in [0.3, 0.4) is 0 Å². The summed E-state index contributed by atoms with van der Waals surface area (Å²) in [5, 5.41) is 15.3. The number of carbonyl (C=O) groups excluding carboxylic acids is 1. The van der Waals surface area contributed by atoms with Crippen LogP contribution in [0.4, 0.5) is 5.82 Å². The van der Waals surface area contributed by atoms with Gasteiger partial charge in [0.15, 0.2) is 5.65 Å². The van der Waals surface area contributed by atoms with Crippen molar-refractivity contribution in [2.45, 2.75) is 19.5 Å². The molecule has 1 amide bonds. The van der Waals surface area contributed by atoms with Crippen LogP contribution >= 0.6 is 11.3 Å². The second kappa shape index (κ2) is 9.09. The van der Waals surface area contributed by atoms with Gasteiger partial charge in [0.05, 0.1) is 11.1 Å². The fourth-order valence-electron chi connectivity index (χ4n) is 4.46. The zero-order valence-corrected chi connectivity index (χ0v) is 20.1. The number of hydrogen-bond acceptors (Lipinski definition) is 7. The molecule has 1 aliphatic heterocycles. The summed E-state index contributed by atoms with van der Waals surface area (Å²) in [6.07, 6.45) is 3.51. The van der Waals surface area contributed by atoms with Gasteiger partial charge in [0.1, 0.15) is 18.2 Å². The molecular weight excluding hydrogens is 458 g/mol. The number of hydrogen-bond donors (Lipinski definition) is 2. The molecule has 2 aromatic carbocycles. The van der Waals surface area contributed by atoms with Crippen molar-refractivity contribution in [2.75, 3.05) is 24.5 Å². The molecule has 8 nitrogen and oxygen atoms in total. The van der Waals surface area contributed by atoms with Gasteiger partial charge in [0.2, 0.25) is 5.91 Å². The number of piperazine rings is 1. The Labute approximate surface area is 206 Å². The van der Waals surface area contributed by atoms with Gasteiger partial charge in [-0.25, -0.2) is 14.6 Å². The standard InChI is InChI=1S/C26H25N7OS/c1-17-2-5-20(6-3-17)33-14-21-24(31-33)29-16-30-25(21)32-10-9-27-22(15-32)26(34)28-13-18-4-7-23-19(12-18)8-11-35-23/h2-8,11-12,14,16,22,27H,9-10,13,15H2,1H3,(H,28,34). The third-order valence-electron chi connectivity index (χ3n) is 6.37. The van der Waals surface area contributed by atoms with E-state index in [1.165, 1.54) is 15.6 Å². The Morgan fingerprint density at radius 1 is 1.17 bits per heavy atom. The molecule has 1 unspecified atom stereocenters. The van der Waals surface area contributed by atoms with E-state index in [2.05, 4.69) is 79.3 Å². The lowest BCUT2D eigenvalue weighted by molar-refractivity contribution is -0.123. The fraction of sp³-hybridized carbons (Fsp3) is 0.231. The number of nitrogens with zero attached hydrogens (tertiary/aromatic N) is 5. The lowest BCUT2D eigenvalue weighted by atomic mass is 10.1. The zero-order valence-electron chi connectivity index (χ0n) is 19.3. The molecule has 0 bridgehead atoms. The molecule has 0 spiro atoms. The topological polar surface area (TPSA) is 88.0 Å². The van der Waals surface area contributed by atoms with Crippen LogP contribution in [-0.4, -0.2) is 51.3 Å². The van der Waals surface area contributed by atoms with E-state index in [1.54, 1.807) is 17.7 Å². The first kappa shape index (κ1) is 21.7. The number of nitrogens with one attached hydrogen (secondary N) is 2. The van der Waals surface area contributed by atoms with Crippen LogP contribution in [0.1, 0.15) is 11.1 Å². The molecule has 2 N–H and O–H groups in total. The first-order valence-corrected chi connectivity index (χ1v) is 12.5. The summed E-state index contributed by atoms with van der Waals surface area (Å²) in [7, 11) is 0. The highest BCUT2D eigenvalue weighted by atomic mass is 32.1. The molecule has 35 heavy (non-hydrogen) atoms. The van der Waals surface area contributed by atoms with Crippen LogP contribution in [0.2, 0.25) is 0 Å². The number of fused-ring (bicyclic) bond motifs is 2. The van der Waals surface area contributed by atoms with Crippen LogP contribution in [0.25, 0.3) is 26.8 Å². The maximum atomic E-state index is 13.0. The lowest BCUT2D eigenvalue weighted by Crippen LogP contribution is -2.57. The van der Waals surface area contributed by atoms with Gasteiger partial charge in [-0.15, -0.1) is 16.4 Å². The van der Waals surface area contributed by atoms with Gasteiger partial charge in [-0.2, -0.15) is 0 Å². The average molecular weight is 484 g/mol. The average Bonchev–Trinajstić information content (AvgIpc) is 3.54. The molecule has 3 aromatic heterocycles. The minimum Gasteiger partial charge on any atom is -0.353 e. The molecule has 176 valence electrons. The van der Waals surface area contributed by atoms with Gasteiger partial charge in [-0.05, 0) is 53.6 Å². The van der Waals surface area contributed by atoms with Crippen molar-refractivity contribution in [3.05, 3.63) is 77.6 Å². The Hall–Kier alpha value is -3.82. The van der Waals surface area contributed by atoms with Gasteiger partial charge < -0.3 is 15.5 Å². The summed E-state index contributed by atoms with van der Waals surface area (Å²) in [5.74, 6) is 0.788. The van der Waals surface area contributed by atoms with E-state index >= 15 is 0 Å². The molecule has 1 atom stereocenters. The highest BCUT2D eigenvalue weighted by molar-refractivity contribution is 7.17. The maximum Gasteiger partial charge on any atom is 0.239 e. The summed E-state index contributed by atoms with van der Waals surface area (Å²) in [6, 6.07) is 16.3.